The molecule has 1 fully saturated rings. The summed E-state index contributed by atoms with van der Waals surface area (Å²) >= 11 is 1.51. The fraction of sp³-hybridized carbons (Fsp3) is 0.385. The average Bonchev–Trinajstić information content (AvgIpc) is 2.69. The second-order valence-electron chi connectivity index (χ2n) is 4.98. The fourth-order valence-electron chi connectivity index (χ4n) is 2.86. The Kier molecular flexibility index (Phi) is 1.91. The number of hydrogen-bond acceptors (Lipinski definition) is 4. The molecular formula is C13H12N2O2S. The van der Waals surface area contributed by atoms with Crippen LogP contribution < -0.4 is 4.74 Å². The zero-order valence-corrected chi connectivity index (χ0v) is 10.7. The summed E-state index contributed by atoms with van der Waals surface area (Å²) < 4.78 is 5.99. The molecule has 1 saturated heterocycles. The lowest BCUT2D eigenvalue weighted by Gasteiger charge is -2.44. The van der Waals surface area contributed by atoms with Gasteiger partial charge in [-0.25, -0.2) is 4.99 Å². The van der Waals surface area contributed by atoms with Gasteiger partial charge in [0.05, 0.1) is 11.8 Å². The van der Waals surface area contributed by atoms with Crippen LogP contribution in [0.4, 0.5) is 0 Å². The SMILES string of the molecule is C[C@]12C[C@H](c3ccccc3O1)N1C(=O)CSC1=N2. The lowest BCUT2D eigenvalue weighted by atomic mass is 9.91. The third-order valence-electron chi connectivity index (χ3n) is 3.62. The Morgan fingerprint density at radius 3 is 3.22 bits per heavy atom. The minimum Gasteiger partial charge on any atom is -0.466 e. The molecule has 3 aliphatic heterocycles. The molecule has 3 heterocycles. The van der Waals surface area contributed by atoms with E-state index in [0.717, 1.165) is 22.9 Å². The molecule has 1 amide bonds. The zero-order chi connectivity index (χ0) is 12.3. The maximum Gasteiger partial charge on any atom is 0.239 e. The molecule has 2 bridgehead atoms. The van der Waals surface area contributed by atoms with Crippen LogP contribution in [-0.4, -0.2) is 27.5 Å². The van der Waals surface area contributed by atoms with Crippen LogP contribution in [0, 0.1) is 0 Å². The number of hydrogen-bond donors (Lipinski definition) is 0. The fourth-order valence-corrected chi connectivity index (χ4v) is 3.88. The van der Waals surface area contributed by atoms with Crippen LogP contribution in [0.2, 0.25) is 0 Å². The van der Waals surface area contributed by atoms with Gasteiger partial charge in [0.2, 0.25) is 11.6 Å². The number of benzene rings is 1. The molecule has 0 radical (unpaired) electrons. The standard InChI is InChI=1S/C13H12N2O2S/c1-13-6-9(8-4-2-3-5-10(8)17-13)15-11(16)7-18-12(15)14-13/h2-5,9H,6-7H2,1H3/t9-,13-/m1/s1. The second-order valence-corrected chi connectivity index (χ2v) is 5.92. The van der Waals surface area contributed by atoms with E-state index in [2.05, 4.69) is 4.99 Å². The quantitative estimate of drug-likeness (QED) is 0.718. The van der Waals surface area contributed by atoms with Crippen molar-refractivity contribution >= 4 is 22.8 Å². The molecule has 3 aliphatic rings. The Morgan fingerprint density at radius 1 is 1.50 bits per heavy atom. The first-order valence-corrected chi connectivity index (χ1v) is 6.97. The van der Waals surface area contributed by atoms with E-state index in [1.54, 1.807) is 0 Å². The number of amidine groups is 1. The summed E-state index contributed by atoms with van der Waals surface area (Å²) in [6.45, 7) is 1.99. The number of carbonyl (C=O) groups excluding carboxylic acids is 1. The van der Waals surface area contributed by atoms with Crippen molar-refractivity contribution in [2.75, 3.05) is 5.75 Å². The first kappa shape index (κ1) is 10.4. The van der Waals surface area contributed by atoms with E-state index in [1.807, 2.05) is 36.1 Å². The van der Waals surface area contributed by atoms with Crippen LogP contribution >= 0.6 is 11.8 Å². The van der Waals surface area contributed by atoms with Crippen LogP contribution in [0.1, 0.15) is 24.9 Å². The molecular weight excluding hydrogens is 248 g/mol. The van der Waals surface area contributed by atoms with E-state index in [9.17, 15) is 4.79 Å². The number of para-hydroxylation sites is 1. The zero-order valence-electron chi connectivity index (χ0n) is 9.92. The van der Waals surface area contributed by atoms with Crippen molar-refractivity contribution in [3.63, 3.8) is 0 Å². The number of fused-ring (bicyclic) bond motifs is 6. The van der Waals surface area contributed by atoms with Crippen molar-refractivity contribution in [2.45, 2.75) is 25.1 Å². The largest absolute Gasteiger partial charge is 0.466 e. The Bertz CT molecular complexity index is 586. The van der Waals surface area contributed by atoms with Crippen molar-refractivity contribution in [2.24, 2.45) is 4.99 Å². The third kappa shape index (κ3) is 1.28. The Balaban J connectivity index is 1.92. The molecule has 4 rings (SSSR count). The van der Waals surface area contributed by atoms with E-state index in [-0.39, 0.29) is 11.9 Å². The molecule has 0 unspecified atom stereocenters. The molecule has 0 aromatic heterocycles. The first-order valence-electron chi connectivity index (χ1n) is 5.99. The molecule has 5 heteroatoms. The predicted molar refractivity (Wildman–Crippen MR) is 69.6 cm³/mol. The number of ether oxygens (including phenoxy) is 1. The van der Waals surface area contributed by atoms with Gasteiger partial charge in [-0.2, -0.15) is 0 Å². The molecule has 1 aromatic carbocycles. The van der Waals surface area contributed by atoms with E-state index in [4.69, 9.17) is 4.74 Å². The van der Waals surface area contributed by atoms with Crippen LogP contribution in [0.5, 0.6) is 5.75 Å². The summed E-state index contributed by atoms with van der Waals surface area (Å²) in [7, 11) is 0. The number of aliphatic imine (C=N–C) groups is 1. The van der Waals surface area contributed by atoms with Crippen LogP contribution in [0.15, 0.2) is 29.3 Å². The molecule has 4 nitrogen and oxygen atoms in total. The summed E-state index contributed by atoms with van der Waals surface area (Å²) in [5, 5.41) is 0.813. The topological polar surface area (TPSA) is 41.9 Å². The van der Waals surface area contributed by atoms with Gasteiger partial charge >= 0.3 is 0 Å². The monoisotopic (exact) mass is 260 g/mol. The Hall–Kier alpha value is -1.49. The molecule has 1 aromatic rings. The highest BCUT2D eigenvalue weighted by atomic mass is 32.2. The number of carbonyl (C=O) groups is 1. The minimum absolute atomic E-state index is 0.0787. The minimum atomic E-state index is -0.525. The maximum absolute atomic E-state index is 12.0. The van der Waals surface area contributed by atoms with Gasteiger partial charge in [0.15, 0.2) is 5.17 Å². The van der Waals surface area contributed by atoms with Gasteiger partial charge in [-0.1, -0.05) is 30.0 Å². The number of amides is 1. The molecule has 2 atom stereocenters. The summed E-state index contributed by atoms with van der Waals surface area (Å²) in [5.41, 5.74) is 0.570. The highest BCUT2D eigenvalue weighted by Gasteiger charge is 2.49. The van der Waals surface area contributed by atoms with Gasteiger partial charge in [0.1, 0.15) is 5.75 Å². The molecule has 0 N–H and O–H groups in total. The molecule has 0 saturated carbocycles. The maximum atomic E-state index is 12.0. The summed E-state index contributed by atoms with van der Waals surface area (Å²) in [5.74, 6) is 1.50. The second kappa shape index (κ2) is 3.29. The third-order valence-corrected chi connectivity index (χ3v) is 4.56. The van der Waals surface area contributed by atoms with Gasteiger partial charge in [-0.05, 0) is 13.0 Å². The molecule has 18 heavy (non-hydrogen) atoms. The van der Waals surface area contributed by atoms with Crippen molar-refractivity contribution in [3.8, 4) is 5.75 Å². The van der Waals surface area contributed by atoms with Crippen molar-refractivity contribution in [1.29, 1.82) is 0 Å². The summed E-state index contributed by atoms with van der Waals surface area (Å²) in [6.07, 6.45) is 0.736. The van der Waals surface area contributed by atoms with Gasteiger partial charge in [0, 0.05) is 12.0 Å². The predicted octanol–water partition coefficient (Wildman–Crippen LogP) is 2.17. The van der Waals surface area contributed by atoms with E-state index >= 15 is 0 Å². The van der Waals surface area contributed by atoms with Gasteiger partial charge in [0.25, 0.3) is 0 Å². The van der Waals surface area contributed by atoms with E-state index in [0.29, 0.717) is 5.75 Å². The van der Waals surface area contributed by atoms with Crippen LogP contribution in [0.25, 0.3) is 0 Å². The van der Waals surface area contributed by atoms with Gasteiger partial charge < -0.3 is 4.74 Å². The summed E-state index contributed by atoms with van der Waals surface area (Å²) in [6, 6.07) is 8.01. The molecule has 0 spiro atoms. The first-order chi connectivity index (χ1) is 8.66. The highest BCUT2D eigenvalue weighted by Crippen LogP contribution is 2.48. The molecule has 0 aliphatic carbocycles. The lowest BCUT2D eigenvalue weighted by molar-refractivity contribution is -0.127. The number of nitrogens with zero attached hydrogens (tertiary/aromatic N) is 2. The number of thioether (sulfide) groups is 1. The van der Waals surface area contributed by atoms with Gasteiger partial charge in [-0.15, -0.1) is 0 Å². The Morgan fingerprint density at radius 2 is 2.33 bits per heavy atom. The van der Waals surface area contributed by atoms with Crippen molar-refractivity contribution in [1.82, 2.24) is 4.90 Å². The number of rotatable bonds is 0. The van der Waals surface area contributed by atoms with Crippen molar-refractivity contribution in [3.05, 3.63) is 29.8 Å². The highest BCUT2D eigenvalue weighted by molar-refractivity contribution is 8.15. The van der Waals surface area contributed by atoms with Crippen LogP contribution in [-0.2, 0) is 4.79 Å². The lowest BCUT2D eigenvalue weighted by Crippen LogP contribution is -2.49. The van der Waals surface area contributed by atoms with Gasteiger partial charge in [-0.3, -0.25) is 9.69 Å². The summed E-state index contributed by atoms with van der Waals surface area (Å²) in [4.78, 5) is 18.5. The Labute approximate surface area is 109 Å². The van der Waals surface area contributed by atoms with E-state index < -0.39 is 5.72 Å². The van der Waals surface area contributed by atoms with Crippen molar-refractivity contribution < 1.29 is 9.53 Å². The smallest absolute Gasteiger partial charge is 0.239 e. The van der Waals surface area contributed by atoms with Crippen LogP contribution in [0.3, 0.4) is 0 Å². The normalized spacial score (nSPS) is 32.5. The molecule has 92 valence electrons. The average molecular weight is 260 g/mol. The van der Waals surface area contributed by atoms with E-state index in [1.165, 1.54) is 11.8 Å².